The van der Waals surface area contributed by atoms with E-state index in [1.54, 1.807) is 7.11 Å². The van der Waals surface area contributed by atoms with Gasteiger partial charge in [0.05, 0.1) is 7.11 Å². The maximum Gasteiger partial charge on any atom is 0.122 e. The predicted molar refractivity (Wildman–Crippen MR) is 69.0 cm³/mol. The Morgan fingerprint density at radius 2 is 2.12 bits per heavy atom. The van der Waals surface area contributed by atoms with Crippen molar-refractivity contribution in [1.29, 1.82) is 0 Å². The number of benzene rings is 1. The van der Waals surface area contributed by atoms with Gasteiger partial charge in [0.25, 0.3) is 0 Å². The van der Waals surface area contributed by atoms with Crippen molar-refractivity contribution < 1.29 is 4.74 Å². The van der Waals surface area contributed by atoms with E-state index in [0.29, 0.717) is 0 Å². The van der Waals surface area contributed by atoms with Gasteiger partial charge in [-0.1, -0.05) is 24.3 Å². The molecule has 0 aliphatic carbocycles. The van der Waals surface area contributed by atoms with E-state index in [0.717, 1.165) is 38.1 Å². The molecule has 0 aliphatic heterocycles. The molecule has 0 saturated carbocycles. The van der Waals surface area contributed by atoms with Gasteiger partial charge in [-0.05, 0) is 44.0 Å². The summed E-state index contributed by atoms with van der Waals surface area (Å²) < 4.78 is 5.30. The van der Waals surface area contributed by atoms with Crippen molar-refractivity contribution in [3.05, 3.63) is 42.5 Å². The fourth-order valence-electron chi connectivity index (χ4n) is 1.63. The van der Waals surface area contributed by atoms with Crippen LogP contribution in [0.2, 0.25) is 0 Å². The summed E-state index contributed by atoms with van der Waals surface area (Å²) in [4.78, 5) is 0. The van der Waals surface area contributed by atoms with E-state index in [1.807, 2.05) is 18.2 Å². The summed E-state index contributed by atoms with van der Waals surface area (Å²) >= 11 is 0. The minimum Gasteiger partial charge on any atom is -0.496 e. The lowest BCUT2D eigenvalue weighted by Crippen LogP contribution is -2.18. The van der Waals surface area contributed by atoms with Crippen LogP contribution in [0.3, 0.4) is 0 Å². The Bertz CT molecular complexity index is 309. The largest absolute Gasteiger partial charge is 0.496 e. The van der Waals surface area contributed by atoms with Crippen LogP contribution in [0, 0.1) is 0 Å². The number of hydrogen-bond acceptors (Lipinski definition) is 2. The van der Waals surface area contributed by atoms with Gasteiger partial charge in [-0.25, -0.2) is 0 Å². The lowest BCUT2D eigenvalue weighted by molar-refractivity contribution is 0.409. The molecule has 1 rings (SSSR count). The zero-order valence-corrected chi connectivity index (χ0v) is 10.0. The van der Waals surface area contributed by atoms with Crippen LogP contribution in [0.4, 0.5) is 0 Å². The molecular weight excluding hydrogens is 198 g/mol. The number of hydrogen-bond donors (Lipinski definition) is 1. The van der Waals surface area contributed by atoms with Crippen molar-refractivity contribution >= 4 is 0 Å². The Morgan fingerprint density at radius 1 is 1.31 bits per heavy atom. The highest BCUT2D eigenvalue weighted by molar-refractivity contribution is 5.33. The van der Waals surface area contributed by atoms with Crippen LogP contribution in [0.1, 0.15) is 18.4 Å². The van der Waals surface area contributed by atoms with Gasteiger partial charge in [-0.15, -0.1) is 6.58 Å². The van der Waals surface area contributed by atoms with Gasteiger partial charge < -0.3 is 10.1 Å². The number of para-hydroxylation sites is 1. The molecule has 1 aromatic carbocycles. The van der Waals surface area contributed by atoms with Gasteiger partial charge >= 0.3 is 0 Å². The summed E-state index contributed by atoms with van der Waals surface area (Å²) in [6.45, 7) is 5.76. The third-order valence-corrected chi connectivity index (χ3v) is 2.53. The Labute approximate surface area is 98.3 Å². The highest BCUT2D eigenvalue weighted by atomic mass is 16.5. The SMILES string of the molecule is C=CCCCNCCc1ccccc1OC. The van der Waals surface area contributed by atoms with Crippen LogP contribution in [-0.4, -0.2) is 20.2 Å². The van der Waals surface area contributed by atoms with Crippen LogP contribution in [0.5, 0.6) is 5.75 Å². The minimum absolute atomic E-state index is 0.982. The molecule has 0 spiro atoms. The second-order valence-electron chi connectivity index (χ2n) is 3.74. The lowest BCUT2D eigenvalue weighted by Gasteiger charge is -2.08. The molecule has 0 radical (unpaired) electrons. The Balaban J connectivity index is 2.23. The molecule has 16 heavy (non-hydrogen) atoms. The Hall–Kier alpha value is -1.28. The van der Waals surface area contributed by atoms with Crippen molar-refractivity contribution in [2.75, 3.05) is 20.2 Å². The number of unbranched alkanes of at least 4 members (excludes halogenated alkanes) is 1. The molecule has 1 aromatic rings. The normalized spacial score (nSPS) is 10.1. The van der Waals surface area contributed by atoms with E-state index >= 15 is 0 Å². The Morgan fingerprint density at radius 3 is 2.88 bits per heavy atom. The van der Waals surface area contributed by atoms with E-state index in [-0.39, 0.29) is 0 Å². The molecule has 0 aliphatic rings. The number of nitrogens with one attached hydrogen (secondary N) is 1. The molecule has 0 fully saturated rings. The smallest absolute Gasteiger partial charge is 0.122 e. The number of ether oxygens (including phenoxy) is 1. The average Bonchev–Trinajstić information content (AvgIpc) is 2.34. The maximum atomic E-state index is 5.30. The number of methoxy groups -OCH3 is 1. The molecule has 1 N–H and O–H groups in total. The molecule has 88 valence electrons. The van der Waals surface area contributed by atoms with Crippen molar-refractivity contribution in [2.45, 2.75) is 19.3 Å². The number of allylic oxidation sites excluding steroid dienone is 1. The van der Waals surface area contributed by atoms with Crippen LogP contribution >= 0.6 is 0 Å². The monoisotopic (exact) mass is 219 g/mol. The topological polar surface area (TPSA) is 21.3 Å². The van der Waals surface area contributed by atoms with Gasteiger partial charge in [0.15, 0.2) is 0 Å². The molecule has 0 unspecified atom stereocenters. The number of rotatable bonds is 8. The molecule has 2 nitrogen and oxygen atoms in total. The van der Waals surface area contributed by atoms with Gasteiger partial charge in [-0.2, -0.15) is 0 Å². The zero-order valence-electron chi connectivity index (χ0n) is 10.0. The maximum absolute atomic E-state index is 5.30. The minimum atomic E-state index is 0.982. The predicted octanol–water partition coefficient (Wildman–Crippen LogP) is 2.79. The summed E-state index contributed by atoms with van der Waals surface area (Å²) in [7, 11) is 1.72. The summed E-state index contributed by atoms with van der Waals surface area (Å²) in [5.41, 5.74) is 1.27. The molecular formula is C14H21NO. The molecule has 0 heterocycles. The van der Waals surface area contributed by atoms with Crippen molar-refractivity contribution in [3.8, 4) is 5.75 Å². The first-order valence-electron chi connectivity index (χ1n) is 5.82. The second-order valence-corrected chi connectivity index (χ2v) is 3.74. The molecule has 0 amide bonds. The molecule has 2 heteroatoms. The van der Waals surface area contributed by atoms with Gasteiger partial charge in [-0.3, -0.25) is 0 Å². The summed E-state index contributed by atoms with van der Waals surface area (Å²) in [6.07, 6.45) is 5.22. The van der Waals surface area contributed by atoms with E-state index in [4.69, 9.17) is 4.74 Å². The first-order valence-corrected chi connectivity index (χ1v) is 5.82. The average molecular weight is 219 g/mol. The highest BCUT2D eigenvalue weighted by Gasteiger charge is 1.99. The first-order chi connectivity index (χ1) is 7.88. The Kier molecular flexibility index (Phi) is 6.35. The quantitative estimate of drug-likeness (QED) is 0.536. The third kappa shape index (κ3) is 4.49. The van der Waals surface area contributed by atoms with E-state index in [1.165, 1.54) is 5.56 Å². The summed E-state index contributed by atoms with van der Waals surface area (Å²) in [5, 5.41) is 3.42. The third-order valence-electron chi connectivity index (χ3n) is 2.53. The fraction of sp³-hybridized carbons (Fsp3) is 0.429. The molecule has 0 aromatic heterocycles. The summed E-state index contributed by atoms with van der Waals surface area (Å²) in [6, 6.07) is 8.17. The highest BCUT2D eigenvalue weighted by Crippen LogP contribution is 2.17. The van der Waals surface area contributed by atoms with Crippen LogP contribution < -0.4 is 10.1 Å². The molecule has 0 saturated heterocycles. The van der Waals surface area contributed by atoms with Crippen LogP contribution in [-0.2, 0) is 6.42 Å². The van der Waals surface area contributed by atoms with Crippen molar-refractivity contribution in [1.82, 2.24) is 5.32 Å². The molecule has 0 bridgehead atoms. The molecule has 0 atom stereocenters. The lowest BCUT2D eigenvalue weighted by atomic mass is 10.1. The standard InChI is InChI=1S/C14H21NO/c1-3-4-7-11-15-12-10-13-8-5-6-9-14(13)16-2/h3,5-6,8-9,15H,1,4,7,10-12H2,2H3. The first kappa shape index (κ1) is 12.8. The van der Waals surface area contributed by atoms with Crippen molar-refractivity contribution in [2.24, 2.45) is 0 Å². The van der Waals surface area contributed by atoms with Gasteiger partial charge in [0.1, 0.15) is 5.75 Å². The van der Waals surface area contributed by atoms with E-state index < -0.39 is 0 Å². The zero-order chi connectivity index (χ0) is 11.6. The second kappa shape index (κ2) is 7.94. The van der Waals surface area contributed by atoms with Gasteiger partial charge in [0.2, 0.25) is 0 Å². The summed E-state index contributed by atoms with van der Waals surface area (Å²) in [5.74, 6) is 0.982. The van der Waals surface area contributed by atoms with Gasteiger partial charge in [0, 0.05) is 0 Å². The van der Waals surface area contributed by atoms with Crippen molar-refractivity contribution in [3.63, 3.8) is 0 Å². The van der Waals surface area contributed by atoms with E-state index in [2.05, 4.69) is 24.0 Å². The van der Waals surface area contributed by atoms with Crippen LogP contribution in [0.25, 0.3) is 0 Å². The fourth-order valence-corrected chi connectivity index (χ4v) is 1.63. The van der Waals surface area contributed by atoms with Crippen LogP contribution in [0.15, 0.2) is 36.9 Å². The van der Waals surface area contributed by atoms with E-state index in [9.17, 15) is 0 Å².